The zero-order valence-electron chi connectivity index (χ0n) is 14.8. The van der Waals surface area contributed by atoms with Crippen LogP contribution in [0.1, 0.15) is 65.7 Å². The molecule has 0 heterocycles. The Hall–Kier alpha value is -1.05. The quantitative estimate of drug-likeness (QED) is 0.500. The van der Waals surface area contributed by atoms with Crippen LogP contribution >= 0.6 is 0 Å². The molecule has 23 heavy (non-hydrogen) atoms. The number of allylic oxidation sites excluding steroid dienone is 3. The summed E-state index contributed by atoms with van der Waals surface area (Å²) in [7, 11) is 0. The highest BCUT2D eigenvalue weighted by molar-refractivity contribution is 5.66. The summed E-state index contributed by atoms with van der Waals surface area (Å²) in [5, 5.41) is 0. The van der Waals surface area contributed by atoms with Gasteiger partial charge in [0, 0.05) is 13.3 Å². The van der Waals surface area contributed by atoms with Crippen molar-refractivity contribution in [2.75, 3.05) is 0 Å². The van der Waals surface area contributed by atoms with Crippen LogP contribution in [-0.2, 0) is 9.53 Å². The predicted molar refractivity (Wildman–Crippen MR) is 91.8 cm³/mol. The van der Waals surface area contributed by atoms with Gasteiger partial charge < -0.3 is 4.74 Å². The van der Waals surface area contributed by atoms with Crippen molar-refractivity contribution in [3.05, 3.63) is 23.8 Å². The van der Waals surface area contributed by atoms with Crippen LogP contribution in [-0.4, -0.2) is 12.1 Å². The first kappa shape index (κ1) is 15.5. The maximum Gasteiger partial charge on any atom is 0.302 e. The van der Waals surface area contributed by atoms with E-state index in [1.807, 2.05) is 0 Å². The van der Waals surface area contributed by atoms with Gasteiger partial charge in [-0.05, 0) is 67.1 Å². The number of esters is 1. The molecule has 0 aromatic rings. The van der Waals surface area contributed by atoms with Gasteiger partial charge in [0.25, 0.3) is 0 Å². The van der Waals surface area contributed by atoms with E-state index in [0.717, 1.165) is 30.6 Å². The van der Waals surface area contributed by atoms with E-state index in [9.17, 15) is 4.79 Å². The molecule has 0 bridgehead atoms. The van der Waals surface area contributed by atoms with Gasteiger partial charge in [-0.3, -0.25) is 4.79 Å². The second-order valence-corrected chi connectivity index (χ2v) is 8.92. The Morgan fingerprint density at radius 2 is 2.00 bits per heavy atom. The minimum atomic E-state index is -0.127. The van der Waals surface area contributed by atoms with Gasteiger partial charge in [0.1, 0.15) is 6.10 Å². The number of hydrogen-bond donors (Lipinski definition) is 0. The van der Waals surface area contributed by atoms with Crippen molar-refractivity contribution in [3.8, 4) is 0 Å². The highest BCUT2D eigenvalue weighted by Crippen LogP contribution is 2.63. The van der Waals surface area contributed by atoms with E-state index < -0.39 is 0 Å². The molecule has 2 nitrogen and oxygen atoms in total. The molecule has 0 amide bonds. The number of rotatable bonds is 1. The lowest BCUT2D eigenvalue weighted by Crippen LogP contribution is -2.49. The minimum Gasteiger partial charge on any atom is -0.462 e. The minimum absolute atomic E-state index is 0.116. The van der Waals surface area contributed by atoms with Gasteiger partial charge in [-0.25, -0.2) is 0 Å². The summed E-state index contributed by atoms with van der Waals surface area (Å²) >= 11 is 0. The van der Waals surface area contributed by atoms with E-state index >= 15 is 0 Å². The lowest BCUT2D eigenvalue weighted by Gasteiger charge is -2.57. The van der Waals surface area contributed by atoms with Crippen molar-refractivity contribution in [2.24, 2.45) is 28.6 Å². The molecule has 4 aliphatic carbocycles. The van der Waals surface area contributed by atoms with Crippen LogP contribution in [0, 0.1) is 28.6 Å². The molecule has 0 radical (unpaired) electrons. The van der Waals surface area contributed by atoms with Gasteiger partial charge in [0.2, 0.25) is 0 Å². The largest absolute Gasteiger partial charge is 0.462 e. The fourth-order valence-corrected chi connectivity index (χ4v) is 6.45. The van der Waals surface area contributed by atoms with Crippen molar-refractivity contribution in [2.45, 2.75) is 71.8 Å². The molecule has 4 aliphatic rings. The Bertz CT molecular complexity index is 574. The average molecular weight is 314 g/mol. The molecule has 0 spiro atoms. The van der Waals surface area contributed by atoms with Crippen molar-refractivity contribution in [3.63, 3.8) is 0 Å². The summed E-state index contributed by atoms with van der Waals surface area (Å²) in [6.07, 6.45) is 16.0. The molecule has 0 unspecified atom stereocenters. The SMILES string of the molecule is CC(=O)O[C@H]1CC[C@@]2(C)C(=CC[C@H]3[C@H]2CC[C@@]2(C)C=CC[C@H]32)C1. The molecule has 6 atom stereocenters. The van der Waals surface area contributed by atoms with Gasteiger partial charge in [-0.15, -0.1) is 0 Å². The third kappa shape index (κ3) is 2.32. The number of ether oxygens (including phenoxy) is 1. The fourth-order valence-electron chi connectivity index (χ4n) is 6.45. The van der Waals surface area contributed by atoms with E-state index in [0.29, 0.717) is 10.8 Å². The molecule has 0 aromatic carbocycles. The molecule has 126 valence electrons. The molecule has 0 saturated heterocycles. The number of hydrogen-bond acceptors (Lipinski definition) is 2. The summed E-state index contributed by atoms with van der Waals surface area (Å²) in [5.41, 5.74) is 2.40. The van der Waals surface area contributed by atoms with Crippen LogP contribution in [0.5, 0.6) is 0 Å². The molecule has 0 aliphatic heterocycles. The van der Waals surface area contributed by atoms with E-state index in [4.69, 9.17) is 4.74 Å². The first-order valence-corrected chi connectivity index (χ1v) is 9.47. The molecule has 2 fully saturated rings. The number of fused-ring (bicyclic) bond motifs is 5. The van der Waals surface area contributed by atoms with Gasteiger partial charge >= 0.3 is 5.97 Å². The van der Waals surface area contributed by atoms with Crippen LogP contribution < -0.4 is 0 Å². The van der Waals surface area contributed by atoms with Crippen LogP contribution in [0.2, 0.25) is 0 Å². The summed E-state index contributed by atoms with van der Waals surface area (Å²) in [5.74, 6) is 2.40. The molecular formula is C21H30O2. The summed E-state index contributed by atoms with van der Waals surface area (Å²) in [6.45, 7) is 6.52. The van der Waals surface area contributed by atoms with Crippen LogP contribution in [0.3, 0.4) is 0 Å². The van der Waals surface area contributed by atoms with E-state index in [1.54, 1.807) is 5.57 Å². The van der Waals surface area contributed by atoms with Crippen molar-refractivity contribution < 1.29 is 9.53 Å². The Labute approximate surface area is 140 Å². The van der Waals surface area contributed by atoms with Crippen molar-refractivity contribution >= 4 is 5.97 Å². The Morgan fingerprint density at radius 1 is 1.17 bits per heavy atom. The second-order valence-electron chi connectivity index (χ2n) is 8.92. The van der Waals surface area contributed by atoms with Crippen LogP contribution in [0.15, 0.2) is 23.8 Å². The van der Waals surface area contributed by atoms with Gasteiger partial charge in [-0.2, -0.15) is 0 Å². The maximum atomic E-state index is 11.3. The molecule has 4 rings (SSSR count). The van der Waals surface area contributed by atoms with E-state index in [2.05, 4.69) is 32.1 Å². The van der Waals surface area contributed by atoms with Crippen LogP contribution in [0.25, 0.3) is 0 Å². The first-order chi connectivity index (χ1) is 10.9. The molecule has 2 saturated carbocycles. The van der Waals surface area contributed by atoms with Gasteiger partial charge in [0.15, 0.2) is 0 Å². The van der Waals surface area contributed by atoms with Gasteiger partial charge in [0.05, 0.1) is 0 Å². The highest BCUT2D eigenvalue weighted by atomic mass is 16.5. The van der Waals surface area contributed by atoms with Gasteiger partial charge in [-0.1, -0.05) is 37.6 Å². The standard InChI is InChI=1S/C21H30O2/c1-14(22)23-16-8-12-21(3)15(13-16)6-7-17-18-5-4-10-20(18,2)11-9-19(17)21/h4,6,10,16-19H,5,7-9,11-13H2,1-3H3/t16-,17+,18+,19+,20+,21-/m0/s1. The lowest BCUT2D eigenvalue weighted by atomic mass is 9.48. The Morgan fingerprint density at radius 3 is 2.78 bits per heavy atom. The average Bonchev–Trinajstić information content (AvgIpc) is 2.89. The molecule has 2 heteroatoms. The molecule has 0 aromatic heterocycles. The highest BCUT2D eigenvalue weighted by Gasteiger charge is 2.54. The normalized spacial score (nSPS) is 48.0. The number of carbonyl (C=O) groups excluding carboxylic acids is 1. The fraction of sp³-hybridized carbons (Fsp3) is 0.762. The van der Waals surface area contributed by atoms with E-state index in [1.165, 1.54) is 39.0 Å². The zero-order valence-corrected chi connectivity index (χ0v) is 14.8. The molecular weight excluding hydrogens is 284 g/mol. The molecule has 0 N–H and O–H groups in total. The van der Waals surface area contributed by atoms with Crippen molar-refractivity contribution in [1.29, 1.82) is 0 Å². The smallest absolute Gasteiger partial charge is 0.302 e. The first-order valence-electron chi connectivity index (χ1n) is 9.47. The Kier molecular flexibility index (Phi) is 3.52. The lowest BCUT2D eigenvalue weighted by molar-refractivity contribution is -0.148. The summed E-state index contributed by atoms with van der Waals surface area (Å²) < 4.78 is 5.52. The summed E-state index contributed by atoms with van der Waals surface area (Å²) in [4.78, 5) is 11.3. The monoisotopic (exact) mass is 314 g/mol. The number of carbonyl (C=O) groups is 1. The van der Waals surface area contributed by atoms with Crippen LogP contribution in [0.4, 0.5) is 0 Å². The third-order valence-electron chi connectivity index (χ3n) is 7.72. The predicted octanol–water partition coefficient (Wildman–Crippen LogP) is 5.05. The topological polar surface area (TPSA) is 26.3 Å². The zero-order chi connectivity index (χ0) is 16.2. The van der Waals surface area contributed by atoms with E-state index in [-0.39, 0.29) is 12.1 Å². The Balaban J connectivity index is 1.59. The third-order valence-corrected chi connectivity index (χ3v) is 7.72. The van der Waals surface area contributed by atoms with Crippen molar-refractivity contribution in [1.82, 2.24) is 0 Å². The maximum absolute atomic E-state index is 11.3. The summed E-state index contributed by atoms with van der Waals surface area (Å²) in [6, 6.07) is 0. The second kappa shape index (κ2) is 5.22.